The molecular weight excluding hydrogens is 160 g/mol. The highest BCUT2D eigenvalue weighted by Crippen LogP contribution is 1.96. The summed E-state index contributed by atoms with van der Waals surface area (Å²) >= 11 is 0. The van der Waals surface area contributed by atoms with Crippen LogP contribution in [-0.2, 0) is 14.2 Å². The fraction of sp³-hybridized carbons (Fsp3) is 0.714. The van der Waals surface area contributed by atoms with Crippen molar-refractivity contribution in [1.29, 1.82) is 5.26 Å². The summed E-state index contributed by atoms with van der Waals surface area (Å²) in [5.74, 6) is 0. The van der Waals surface area contributed by atoms with Crippen LogP contribution in [0.2, 0.25) is 0 Å². The molecular formula is C7H10N2O3. The van der Waals surface area contributed by atoms with Crippen LogP contribution in [0.3, 0.4) is 0 Å². The molecule has 0 amide bonds. The number of hydrogen-bond acceptors (Lipinski definition) is 4. The molecule has 0 saturated carbocycles. The molecule has 1 atom stereocenters. The lowest BCUT2D eigenvalue weighted by atomic mass is 10.8. The Labute approximate surface area is 71.3 Å². The molecule has 0 aliphatic carbocycles. The van der Waals surface area contributed by atoms with Crippen molar-refractivity contribution < 1.29 is 14.2 Å². The van der Waals surface area contributed by atoms with Gasteiger partial charge in [-0.25, -0.2) is 6.57 Å². The SMILES string of the molecule is [C-]#[N+]COC(OCC)OCC#N. The van der Waals surface area contributed by atoms with Crippen LogP contribution in [0.1, 0.15) is 6.92 Å². The minimum absolute atomic E-state index is 0.108. The van der Waals surface area contributed by atoms with Crippen molar-refractivity contribution in [2.24, 2.45) is 0 Å². The molecule has 5 nitrogen and oxygen atoms in total. The van der Waals surface area contributed by atoms with Crippen molar-refractivity contribution >= 4 is 0 Å². The summed E-state index contributed by atoms with van der Waals surface area (Å²) in [6, 6.07) is 1.77. The quantitative estimate of drug-likeness (QED) is 0.435. The standard InChI is InChI=1S/C7H10N2O3/c1-3-10-7(11-5-4-8)12-6-9-2/h7H,3,5-6H2,1H3. The second-order valence-corrected chi connectivity index (χ2v) is 1.67. The van der Waals surface area contributed by atoms with E-state index >= 15 is 0 Å². The van der Waals surface area contributed by atoms with Crippen LogP contribution in [0.5, 0.6) is 0 Å². The van der Waals surface area contributed by atoms with Gasteiger partial charge in [-0.15, -0.1) is 0 Å². The molecule has 66 valence electrons. The third-order valence-corrected chi connectivity index (χ3v) is 0.862. The Morgan fingerprint density at radius 3 is 2.75 bits per heavy atom. The highest BCUT2D eigenvalue weighted by molar-refractivity contribution is 4.66. The normalized spacial score (nSPS) is 11.6. The highest BCUT2D eigenvalue weighted by Gasteiger charge is 2.08. The molecule has 0 aliphatic rings. The maximum atomic E-state index is 8.16. The maximum Gasteiger partial charge on any atom is 0.322 e. The van der Waals surface area contributed by atoms with Gasteiger partial charge in [0.25, 0.3) is 6.48 Å². The van der Waals surface area contributed by atoms with Crippen molar-refractivity contribution in [2.75, 3.05) is 19.9 Å². The van der Waals surface area contributed by atoms with Crippen LogP contribution >= 0.6 is 0 Å². The molecule has 0 heterocycles. The van der Waals surface area contributed by atoms with E-state index in [2.05, 4.69) is 4.85 Å². The van der Waals surface area contributed by atoms with Gasteiger partial charge in [-0.05, 0) is 6.92 Å². The molecule has 0 fully saturated rings. The smallest absolute Gasteiger partial charge is 0.322 e. The number of nitriles is 1. The Bertz CT molecular complexity index is 164. The average Bonchev–Trinajstić information content (AvgIpc) is 2.10. The molecule has 0 aromatic rings. The highest BCUT2D eigenvalue weighted by atomic mass is 16.8. The summed E-state index contributed by atoms with van der Waals surface area (Å²) in [5.41, 5.74) is 0. The van der Waals surface area contributed by atoms with Crippen molar-refractivity contribution in [2.45, 2.75) is 13.4 Å². The van der Waals surface area contributed by atoms with Gasteiger partial charge in [0.05, 0.1) is 6.07 Å². The Morgan fingerprint density at radius 1 is 1.50 bits per heavy atom. The predicted octanol–water partition coefficient (Wildman–Crippen LogP) is 0.740. The zero-order valence-electron chi connectivity index (χ0n) is 6.82. The van der Waals surface area contributed by atoms with E-state index in [0.29, 0.717) is 6.61 Å². The summed E-state index contributed by atoms with van der Waals surface area (Å²) < 4.78 is 14.5. The zero-order chi connectivity index (χ0) is 9.23. The van der Waals surface area contributed by atoms with E-state index in [1.165, 1.54) is 0 Å². The van der Waals surface area contributed by atoms with E-state index in [1.54, 1.807) is 13.0 Å². The monoisotopic (exact) mass is 170 g/mol. The van der Waals surface area contributed by atoms with E-state index in [1.807, 2.05) is 0 Å². The molecule has 0 rings (SSSR count). The van der Waals surface area contributed by atoms with Gasteiger partial charge in [-0.2, -0.15) is 5.26 Å². The lowest BCUT2D eigenvalue weighted by Crippen LogP contribution is -2.21. The van der Waals surface area contributed by atoms with Crippen LogP contribution in [0.15, 0.2) is 0 Å². The molecule has 0 aromatic heterocycles. The molecule has 1 unspecified atom stereocenters. The van der Waals surface area contributed by atoms with Crippen molar-refractivity contribution in [3.8, 4) is 6.07 Å². The lowest BCUT2D eigenvalue weighted by molar-refractivity contribution is -0.277. The first kappa shape index (κ1) is 10.9. The molecule has 5 heteroatoms. The molecule has 0 radical (unpaired) electrons. The van der Waals surface area contributed by atoms with Crippen molar-refractivity contribution in [1.82, 2.24) is 0 Å². The fourth-order valence-corrected chi connectivity index (χ4v) is 0.484. The lowest BCUT2D eigenvalue weighted by Gasteiger charge is -2.12. The van der Waals surface area contributed by atoms with Crippen LogP contribution in [0.4, 0.5) is 0 Å². The maximum absolute atomic E-state index is 8.16. The van der Waals surface area contributed by atoms with Gasteiger partial charge >= 0.3 is 6.73 Å². The first-order valence-electron chi connectivity index (χ1n) is 3.40. The molecule has 0 bridgehead atoms. The summed E-state index contributed by atoms with van der Waals surface area (Å²) in [6.07, 6.45) is 0. The average molecular weight is 170 g/mol. The molecule has 0 spiro atoms. The van der Waals surface area contributed by atoms with Crippen LogP contribution < -0.4 is 0 Å². The van der Waals surface area contributed by atoms with E-state index in [9.17, 15) is 0 Å². The first-order chi connectivity index (χ1) is 5.85. The molecule has 0 saturated heterocycles. The van der Waals surface area contributed by atoms with Gasteiger partial charge in [-0.1, -0.05) is 0 Å². The largest absolute Gasteiger partial charge is 0.330 e. The van der Waals surface area contributed by atoms with Gasteiger partial charge in [0.1, 0.15) is 6.61 Å². The molecule has 12 heavy (non-hydrogen) atoms. The van der Waals surface area contributed by atoms with Crippen LogP contribution in [0.25, 0.3) is 4.85 Å². The Kier molecular flexibility index (Phi) is 7.21. The van der Waals surface area contributed by atoms with E-state index < -0.39 is 6.48 Å². The van der Waals surface area contributed by atoms with Gasteiger partial charge in [-0.3, -0.25) is 9.58 Å². The van der Waals surface area contributed by atoms with E-state index in [0.717, 1.165) is 0 Å². The van der Waals surface area contributed by atoms with Crippen LogP contribution in [-0.4, -0.2) is 26.4 Å². The second-order valence-electron chi connectivity index (χ2n) is 1.67. The fourth-order valence-electron chi connectivity index (χ4n) is 0.484. The molecule has 0 aromatic carbocycles. The summed E-state index contributed by atoms with van der Waals surface area (Å²) in [6.45, 7) is 7.47. The predicted molar refractivity (Wildman–Crippen MR) is 39.5 cm³/mol. The first-order valence-corrected chi connectivity index (χ1v) is 3.40. The number of rotatable bonds is 6. The number of ether oxygens (including phenoxy) is 3. The van der Waals surface area contributed by atoms with E-state index in [4.69, 9.17) is 26.0 Å². The van der Waals surface area contributed by atoms with Gasteiger partial charge in [0.2, 0.25) is 0 Å². The van der Waals surface area contributed by atoms with Crippen LogP contribution in [0, 0.1) is 17.9 Å². The summed E-state index contributed by atoms with van der Waals surface area (Å²) in [7, 11) is 0. The zero-order valence-corrected chi connectivity index (χ0v) is 6.82. The second kappa shape index (κ2) is 7.96. The third kappa shape index (κ3) is 5.63. The Morgan fingerprint density at radius 2 is 2.25 bits per heavy atom. The third-order valence-electron chi connectivity index (χ3n) is 0.862. The Balaban J connectivity index is 3.57. The topological polar surface area (TPSA) is 55.8 Å². The van der Waals surface area contributed by atoms with Crippen molar-refractivity contribution in [3.63, 3.8) is 0 Å². The minimum Gasteiger partial charge on any atom is -0.330 e. The molecule has 0 aliphatic heterocycles. The number of hydrogen-bond donors (Lipinski definition) is 0. The van der Waals surface area contributed by atoms with Gasteiger partial charge < -0.3 is 9.47 Å². The summed E-state index contributed by atoms with van der Waals surface area (Å²) in [5, 5.41) is 8.16. The number of nitrogens with zero attached hydrogens (tertiary/aromatic N) is 2. The van der Waals surface area contributed by atoms with Gasteiger partial charge in [0, 0.05) is 6.61 Å². The minimum atomic E-state index is -0.899. The van der Waals surface area contributed by atoms with Gasteiger partial charge in [0.15, 0.2) is 0 Å². The summed E-state index contributed by atoms with van der Waals surface area (Å²) in [4.78, 5) is 2.95. The Hall–Kier alpha value is -1.14. The molecule has 0 N–H and O–H groups in total. The van der Waals surface area contributed by atoms with E-state index in [-0.39, 0.29) is 13.3 Å². The van der Waals surface area contributed by atoms with Crippen molar-refractivity contribution in [3.05, 3.63) is 11.4 Å².